The number of carbonyl (C=O) groups excluding carboxylic acids is 1. The summed E-state index contributed by atoms with van der Waals surface area (Å²) in [7, 11) is 1.30. The fourth-order valence-electron chi connectivity index (χ4n) is 1.49. The molecule has 4 nitrogen and oxygen atoms in total. The second-order valence-corrected chi connectivity index (χ2v) is 4.81. The first-order valence-electron chi connectivity index (χ1n) is 5.71. The maximum atomic E-state index is 13.5. The van der Waals surface area contributed by atoms with Gasteiger partial charge in [-0.3, -0.25) is 4.98 Å². The largest absolute Gasteiger partial charge is 0.484 e. The molecule has 0 atom stereocenters. The molecule has 0 fully saturated rings. The summed E-state index contributed by atoms with van der Waals surface area (Å²) in [6.45, 7) is 0.106. The van der Waals surface area contributed by atoms with Crippen LogP contribution < -0.4 is 4.74 Å². The molecule has 0 saturated heterocycles. The van der Waals surface area contributed by atoms with Crippen molar-refractivity contribution >= 4 is 21.9 Å². The number of methoxy groups -OCH3 is 1. The smallest absolute Gasteiger partial charge is 0.339 e. The van der Waals surface area contributed by atoms with Crippen LogP contribution in [0, 0.1) is 5.82 Å². The highest BCUT2D eigenvalue weighted by Gasteiger charge is 2.07. The molecule has 1 aromatic heterocycles. The number of nitrogens with zero attached hydrogens (tertiary/aromatic N) is 1. The van der Waals surface area contributed by atoms with Gasteiger partial charge >= 0.3 is 5.97 Å². The highest BCUT2D eigenvalue weighted by Crippen LogP contribution is 2.22. The van der Waals surface area contributed by atoms with E-state index < -0.39 is 11.8 Å². The van der Waals surface area contributed by atoms with Gasteiger partial charge in [0, 0.05) is 10.7 Å². The predicted molar refractivity (Wildman–Crippen MR) is 74.0 cm³/mol. The lowest BCUT2D eigenvalue weighted by Gasteiger charge is -2.07. The summed E-state index contributed by atoms with van der Waals surface area (Å²) >= 11 is 3.24. The van der Waals surface area contributed by atoms with Gasteiger partial charge in [-0.2, -0.15) is 0 Å². The molecule has 0 spiro atoms. The van der Waals surface area contributed by atoms with Gasteiger partial charge in [0.2, 0.25) is 0 Å². The fourth-order valence-corrected chi connectivity index (χ4v) is 1.83. The summed E-state index contributed by atoms with van der Waals surface area (Å²) in [4.78, 5) is 15.3. The number of rotatable bonds is 4. The molecule has 0 radical (unpaired) electrons. The lowest BCUT2D eigenvalue weighted by Crippen LogP contribution is -2.04. The molecule has 1 aromatic carbocycles. The third kappa shape index (κ3) is 3.54. The minimum absolute atomic E-state index is 0.106. The van der Waals surface area contributed by atoms with Gasteiger partial charge in [-0.15, -0.1) is 0 Å². The maximum absolute atomic E-state index is 13.5. The number of hydrogen-bond donors (Lipinski definition) is 0. The van der Waals surface area contributed by atoms with E-state index in [-0.39, 0.29) is 12.4 Å². The maximum Gasteiger partial charge on any atom is 0.339 e. The number of ether oxygens (including phenoxy) is 2. The van der Waals surface area contributed by atoms with Crippen LogP contribution in [0.25, 0.3) is 0 Å². The quantitative estimate of drug-likeness (QED) is 0.801. The van der Waals surface area contributed by atoms with Crippen LogP contribution in [0.4, 0.5) is 4.39 Å². The normalized spacial score (nSPS) is 10.2. The molecule has 0 bridgehead atoms. The molecule has 0 aliphatic carbocycles. The minimum Gasteiger partial charge on any atom is -0.484 e. The number of halogens is 2. The molecule has 6 heteroatoms. The van der Waals surface area contributed by atoms with Crippen LogP contribution in [0.5, 0.6) is 5.75 Å². The van der Waals surface area contributed by atoms with Gasteiger partial charge in [0.15, 0.2) is 11.6 Å². The van der Waals surface area contributed by atoms with Crippen molar-refractivity contribution in [3.8, 4) is 5.75 Å². The average Bonchev–Trinajstić information content (AvgIpc) is 2.48. The van der Waals surface area contributed by atoms with Crippen LogP contribution in [0.2, 0.25) is 0 Å². The van der Waals surface area contributed by atoms with Gasteiger partial charge < -0.3 is 9.47 Å². The van der Waals surface area contributed by atoms with Crippen molar-refractivity contribution in [2.75, 3.05) is 7.11 Å². The van der Waals surface area contributed by atoms with Gasteiger partial charge in [-0.1, -0.05) is 15.9 Å². The number of benzene rings is 1. The van der Waals surface area contributed by atoms with Crippen LogP contribution in [-0.2, 0) is 11.3 Å². The van der Waals surface area contributed by atoms with E-state index in [0.29, 0.717) is 11.3 Å². The van der Waals surface area contributed by atoms with Crippen molar-refractivity contribution in [1.29, 1.82) is 0 Å². The van der Waals surface area contributed by atoms with Crippen molar-refractivity contribution in [3.63, 3.8) is 0 Å². The Bertz CT molecular complexity index is 616. The SMILES string of the molecule is COC(=O)c1ccc(COc2cc(Br)ccc2F)nc1. The Morgan fingerprint density at radius 3 is 2.80 bits per heavy atom. The summed E-state index contributed by atoms with van der Waals surface area (Å²) in [5.41, 5.74) is 0.932. The van der Waals surface area contributed by atoms with Crippen molar-refractivity contribution in [3.05, 3.63) is 58.1 Å². The van der Waals surface area contributed by atoms with Crippen molar-refractivity contribution < 1.29 is 18.7 Å². The van der Waals surface area contributed by atoms with E-state index >= 15 is 0 Å². The van der Waals surface area contributed by atoms with Gasteiger partial charge in [0.05, 0.1) is 18.4 Å². The topological polar surface area (TPSA) is 48.4 Å². The van der Waals surface area contributed by atoms with Crippen LogP contribution in [0.3, 0.4) is 0 Å². The van der Waals surface area contributed by atoms with Crippen molar-refractivity contribution in [2.24, 2.45) is 0 Å². The van der Waals surface area contributed by atoms with Gasteiger partial charge in [-0.25, -0.2) is 9.18 Å². The molecule has 2 rings (SSSR count). The zero-order chi connectivity index (χ0) is 14.5. The molecule has 0 N–H and O–H groups in total. The third-order valence-corrected chi connectivity index (χ3v) is 3.01. The Hall–Kier alpha value is -1.95. The van der Waals surface area contributed by atoms with Crippen molar-refractivity contribution in [1.82, 2.24) is 4.98 Å². The number of aromatic nitrogens is 1. The van der Waals surface area contributed by atoms with Crippen LogP contribution in [-0.4, -0.2) is 18.1 Å². The van der Waals surface area contributed by atoms with E-state index in [1.807, 2.05) is 0 Å². The number of pyridine rings is 1. The minimum atomic E-state index is -0.456. The zero-order valence-corrected chi connectivity index (χ0v) is 12.2. The monoisotopic (exact) mass is 339 g/mol. The van der Waals surface area contributed by atoms with E-state index in [9.17, 15) is 9.18 Å². The summed E-state index contributed by atoms with van der Waals surface area (Å²) in [5, 5.41) is 0. The second kappa shape index (κ2) is 6.47. The molecule has 1 heterocycles. The fraction of sp³-hybridized carbons (Fsp3) is 0.143. The van der Waals surface area contributed by atoms with E-state index in [1.54, 1.807) is 18.2 Å². The Labute approximate surface area is 123 Å². The van der Waals surface area contributed by atoms with E-state index in [1.165, 1.54) is 25.4 Å². The first kappa shape index (κ1) is 14.5. The lowest BCUT2D eigenvalue weighted by molar-refractivity contribution is 0.0600. The molecule has 0 aliphatic rings. The predicted octanol–water partition coefficient (Wildman–Crippen LogP) is 3.35. The highest BCUT2D eigenvalue weighted by molar-refractivity contribution is 9.10. The number of esters is 1. The molecular formula is C14H11BrFNO3. The standard InChI is InChI=1S/C14H11BrFNO3/c1-19-14(18)9-2-4-11(17-7-9)8-20-13-6-10(15)3-5-12(13)16/h2-7H,8H2,1H3. The first-order valence-corrected chi connectivity index (χ1v) is 6.50. The Morgan fingerprint density at radius 1 is 1.35 bits per heavy atom. The van der Waals surface area contributed by atoms with Gasteiger partial charge in [0.1, 0.15) is 6.61 Å². The molecular weight excluding hydrogens is 329 g/mol. The zero-order valence-electron chi connectivity index (χ0n) is 10.6. The molecule has 0 saturated carbocycles. The average molecular weight is 340 g/mol. The van der Waals surface area contributed by atoms with Crippen LogP contribution in [0.1, 0.15) is 16.1 Å². The lowest BCUT2D eigenvalue weighted by atomic mass is 10.2. The Kier molecular flexibility index (Phi) is 4.68. The first-order chi connectivity index (χ1) is 9.60. The van der Waals surface area contributed by atoms with Crippen LogP contribution >= 0.6 is 15.9 Å². The Morgan fingerprint density at radius 2 is 2.15 bits per heavy atom. The summed E-state index contributed by atoms with van der Waals surface area (Å²) in [6.07, 6.45) is 1.39. The van der Waals surface area contributed by atoms with E-state index in [4.69, 9.17) is 4.74 Å². The van der Waals surface area contributed by atoms with Crippen LogP contribution in [0.15, 0.2) is 41.0 Å². The number of carbonyl (C=O) groups is 1. The second-order valence-electron chi connectivity index (χ2n) is 3.89. The van der Waals surface area contributed by atoms with Crippen molar-refractivity contribution in [2.45, 2.75) is 6.61 Å². The molecule has 104 valence electrons. The molecule has 2 aromatic rings. The molecule has 0 amide bonds. The summed E-state index contributed by atoms with van der Waals surface area (Å²) in [5.74, 6) is -0.763. The van der Waals surface area contributed by atoms with E-state index in [2.05, 4.69) is 25.7 Å². The van der Waals surface area contributed by atoms with E-state index in [0.717, 1.165) is 4.47 Å². The third-order valence-electron chi connectivity index (χ3n) is 2.51. The number of hydrogen-bond acceptors (Lipinski definition) is 4. The highest BCUT2D eigenvalue weighted by atomic mass is 79.9. The Balaban J connectivity index is 2.04. The van der Waals surface area contributed by atoms with Gasteiger partial charge in [-0.05, 0) is 30.3 Å². The van der Waals surface area contributed by atoms with Gasteiger partial charge in [0.25, 0.3) is 0 Å². The molecule has 0 unspecified atom stereocenters. The molecule has 0 aliphatic heterocycles. The molecule has 20 heavy (non-hydrogen) atoms. The summed E-state index contributed by atoms with van der Waals surface area (Å²) in [6, 6.07) is 7.65. The summed E-state index contributed by atoms with van der Waals surface area (Å²) < 4.78 is 24.1.